The third-order valence-corrected chi connectivity index (χ3v) is 6.70. The Hall–Kier alpha value is -3.24. The summed E-state index contributed by atoms with van der Waals surface area (Å²) in [7, 11) is -3.55. The smallest absolute Gasteiger partial charge is 0.269 e. The van der Waals surface area contributed by atoms with Crippen molar-refractivity contribution < 1.29 is 22.8 Å². The summed E-state index contributed by atoms with van der Waals surface area (Å²) in [5.74, 6) is -1.51. The number of nitrogens with zero attached hydrogens (tertiary/aromatic N) is 1. The first-order valence-electron chi connectivity index (χ1n) is 9.86. The maximum absolute atomic E-state index is 12.5. The zero-order valence-electron chi connectivity index (χ0n) is 16.8. The second-order valence-corrected chi connectivity index (χ2v) is 9.01. The molecule has 0 bridgehead atoms. The average molecular weight is 445 g/mol. The molecule has 1 heterocycles. The fourth-order valence-electron chi connectivity index (χ4n) is 3.12. The summed E-state index contributed by atoms with van der Waals surface area (Å²) < 4.78 is 26.4. The zero-order chi connectivity index (χ0) is 22.3. The Morgan fingerprint density at radius 3 is 2.13 bits per heavy atom. The highest BCUT2D eigenvalue weighted by Gasteiger charge is 2.27. The van der Waals surface area contributed by atoms with Crippen LogP contribution in [0.25, 0.3) is 0 Å². The van der Waals surface area contributed by atoms with E-state index in [1.165, 1.54) is 28.6 Å². The monoisotopic (exact) mass is 444 g/mol. The van der Waals surface area contributed by atoms with Crippen molar-refractivity contribution in [2.45, 2.75) is 24.2 Å². The molecule has 0 atom stereocenters. The largest absolute Gasteiger partial charge is 0.347 e. The van der Waals surface area contributed by atoms with Gasteiger partial charge >= 0.3 is 0 Å². The van der Waals surface area contributed by atoms with Gasteiger partial charge in [0.2, 0.25) is 15.9 Å². The third-order valence-electron chi connectivity index (χ3n) is 4.79. The average Bonchev–Trinajstić information content (AvgIpc) is 3.33. The van der Waals surface area contributed by atoms with Crippen LogP contribution in [0.4, 0.5) is 0 Å². The van der Waals surface area contributed by atoms with E-state index in [4.69, 9.17) is 0 Å². The van der Waals surface area contributed by atoms with Gasteiger partial charge in [-0.05, 0) is 42.7 Å². The number of hydrazine groups is 1. The van der Waals surface area contributed by atoms with Crippen LogP contribution in [0.3, 0.4) is 0 Å². The lowest BCUT2D eigenvalue weighted by Crippen LogP contribution is -2.46. The van der Waals surface area contributed by atoms with Crippen LogP contribution < -0.4 is 16.2 Å². The molecule has 0 aromatic heterocycles. The van der Waals surface area contributed by atoms with E-state index in [0.29, 0.717) is 13.1 Å². The molecule has 10 heteroatoms. The number of nitrogens with one attached hydrogen (secondary N) is 3. The van der Waals surface area contributed by atoms with Crippen LogP contribution in [0.15, 0.2) is 59.5 Å². The van der Waals surface area contributed by atoms with Crippen LogP contribution in [0.5, 0.6) is 0 Å². The van der Waals surface area contributed by atoms with Gasteiger partial charge in [-0.25, -0.2) is 8.42 Å². The summed E-state index contributed by atoms with van der Waals surface area (Å²) in [5, 5.41) is 2.47. The Labute approximate surface area is 180 Å². The van der Waals surface area contributed by atoms with Crippen LogP contribution in [-0.4, -0.2) is 50.1 Å². The number of carbonyl (C=O) groups excluding carboxylic acids is 3. The second-order valence-electron chi connectivity index (χ2n) is 7.08. The van der Waals surface area contributed by atoms with Crippen LogP contribution in [-0.2, 0) is 26.0 Å². The van der Waals surface area contributed by atoms with Crippen molar-refractivity contribution in [1.29, 1.82) is 0 Å². The van der Waals surface area contributed by atoms with E-state index in [1.807, 2.05) is 30.3 Å². The first-order valence-corrected chi connectivity index (χ1v) is 11.3. The van der Waals surface area contributed by atoms with Crippen molar-refractivity contribution in [3.63, 3.8) is 0 Å². The van der Waals surface area contributed by atoms with Crippen LogP contribution in [0.2, 0.25) is 0 Å². The number of sulfonamides is 1. The van der Waals surface area contributed by atoms with Crippen LogP contribution in [0, 0.1) is 0 Å². The predicted molar refractivity (Wildman–Crippen MR) is 113 cm³/mol. The first kappa shape index (κ1) is 22.4. The molecule has 1 fully saturated rings. The molecule has 0 aliphatic carbocycles. The zero-order valence-corrected chi connectivity index (χ0v) is 17.7. The van der Waals surface area contributed by atoms with Crippen molar-refractivity contribution >= 4 is 27.7 Å². The molecule has 164 valence electrons. The first-order chi connectivity index (χ1) is 14.9. The predicted octanol–water partition coefficient (Wildman–Crippen LogP) is 0.591. The van der Waals surface area contributed by atoms with Crippen LogP contribution in [0.1, 0.15) is 28.8 Å². The minimum Gasteiger partial charge on any atom is -0.347 e. The molecular weight excluding hydrogens is 420 g/mol. The molecule has 2 aromatic rings. The van der Waals surface area contributed by atoms with Crippen molar-refractivity contribution in [2.24, 2.45) is 0 Å². The van der Waals surface area contributed by atoms with Gasteiger partial charge in [-0.2, -0.15) is 4.31 Å². The van der Waals surface area contributed by atoms with E-state index < -0.39 is 21.8 Å². The summed E-state index contributed by atoms with van der Waals surface area (Å²) in [4.78, 5) is 36.0. The van der Waals surface area contributed by atoms with Gasteiger partial charge in [-0.1, -0.05) is 30.3 Å². The van der Waals surface area contributed by atoms with Gasteiger partial charge in [0.25, 0.3) is 11.8 Å². The Bertz CT molecular complexity index is 1030. The minimum absolute atomic E-state index is 0.121. The van der Waals surface area contributed by atoms with Gasteiger partial charge in [0.05, 0.1) is 17.9 Å². The van der Waals surface area contributed by atoms with E-state index in [9.17, 15) is 22.8 Å². The normalized spacial score (nSPS) is 14.1. The van der Waals surface area contributed by atoms with Gasteiger partial charge < -0.3 is 5.32 Å². The molecule has 1 saturated heterocycles. The van der Waals surface area contributed by atoms with Gasteiger partial charge in [0.15, 0.2) is 0 Å². The van der Waals surface area contributed by atoms with E-state index in [1.54, 1.807) is 0 Å². The van der Waals surface area contributed by atoms with E-state index >= 15 is 0 Å². The Balaban J connectivity index is 1.44. The molecule has 0 radical (unpaired) electrons. The summed E-state index contributed by atoms with van der Waals surface area (Å²) in [6.45, 7) is 0.704. The second kappa shape index (κ2) is 10.2. The Morgan fingerprint density at radius 2 is 1.48 bits per heavy atom. The molecule has 3 N–H and O–H groups in total. The number of carbonyl (C=O) groups is 3. The molecule has 0 saturated carbocycles. The maximum atomic E-state index is 12.5. The summed E-state index contributed by atoms with van der Waals surface area (Å²) >= 11 is 0. The van der Waals surface area contributed by atoms with Crippen molar-refractivity contribution in [2.75, 3.05) is 19.6 Å². The molecule has 0 spiro atoms. The molecule has 1 aliphatic rings. The Morgan fingerprint density at radius 1 is 0.839 bits per heavy atom. The molecule has 2 aromatic carbocycles. The van der Waals surface area contributed by atoms with Crippen LogP contribution >= 0.6 is 0 Å². The fourth-order valence-corrected chi connectivity index (χ4v) is 4.64. The standard InChI is InChI=1S/C21H24N4O5S/c26-19(14-16-6-2-1-3-7-16)22-15-20(27)23-24-21(28)17-8-10-18(11-9-17)31(29,30)25-12-4-5-13-25/h1-3,6-11H,4-5,12-15H2,(H,22,26)(H,23,27)(H,24,28). The summed E-state index contributed by atoms with van der Waals surface area (Å²) in [6, 6.07) is 14.6. The molecule has 3 amide bonds. The van der Waals surface area contributed by atoms with E-state index in [0.717, 1.165) is 18.4 Å². The number of hydrogen-bond acceptors (Lipinski definition) is 5. The molecular formula is C21H24N4O5S. The lowest BCUT2D eigenvalue weighted by Gasteiger charge is -2.15. The van der Waals surface area contributed by atoms with Gasteiger partial charge in [0.1, 0.15) is 0 Å². The molecule has 1 aliphatic heterocycles. The quantitative estimate of drug-likeness (QED) is 0.539. The number of hydrogen-bond donors (Lipinski definition) is 3. The molecule has 3 rings (SSSR count). The topological polar surface area (TPSA) is 125 Å². The van der Waals surface area contributed by atoms with Gasteiger partial charge in [0, 0.05) is 18.7 Å². The van der Waals surface area contributed by atoms with Crippen molar-refractivity contribution in [3.8, 4) is 0 Å². The SMILES string of the molecule is O=C(Cc1ccccc1)NCC(=O)NNC(=O)c1ccc(S(=O)(=O)N2CCCC2)cc1. The minimum atomic E-state index is -3.55. The van der Waals surface area contributed by atoms with E-state index in [2.05, 4.69) is 16.2 Å². The van der Waals surface area contributed by atoms with Crippen molar-refractivity contribution in [1.82, 2.24) is 20.5 Å². The molecule has 0 unspecified atom stereocenters. The maximum Gasteiger partial charge on any atom is 0.269 e. The fraction of sp³-hybridized carbons (Fsp3) is 0.286. The highest BCUT2D eigenvalue weighted by molar-refractivity contribution is 7.89. The van der Waals surface area contributed by atoms with Crippen molar-refractivity contribution in [3.05, 3.63) is 65.7 Å². The molecule has 9 nitrogen and oxygen atoms in total. The summed E-state index contributed by atoms with van der Waals surface area (Å²) in [6.07, 6.45) is 1.82. The van der Waals surface area contributed by atoms with Gasteiger partial charge in [-0.15, -0.1) is 0 Å². The number of amides is 3. The number of rotatable bonds is 7. The Kier molecular flexibility index (Phi) is 7.37. The highest BCUT2D eigenvalue weighted by atomic mass is 32.2. The summed E-state index contributed by atoms with van der Waals surface area (Å²) in [5.41, 5.74) is 5.46. The lowest BCUT2D eigenvalue weighted by molar-refractivity contribution is -0.126. The highest BCUT2D eigenvalue weighted by Crippen LogP contribution is 2.21. The number of benzene rings is 2. The van der Waals surface area contributed by atoms with E-state index in [-0.39, 0.29) is 29.3 Å². The lowest BCUT2D eigenvalue weighted by atomic mass is 10.1. The third kappa shape index (κ3) is 6.12. The molecule has 31 heavy (non-hydrogen) atoms. The van der Waals surface area contributed by atoms with Gasteiger partial charge in [-0.3, -0.25) is 25.2 Å².